The van der Waals surface area contributed by atoms with Gasteiger partial charge in [-0.1, -0.05) is 72.8 Å². The second-order valence-electron chi connectivity index (χ2n) is 9.32. The zero-order valence-electron chi connectivity index (χ0n) is 21.0. The number of thioether (sulfide) groups is 1. The van der Waals surface area contributed by atoms with Gasteiger partial charge in [-0.2, -0.15) is 0 Å². The van der Waals surface area contributed by atoms with Crippen LogP contribution in [-0.4, -0.2) is 18.4 Å². The summed E-state index contributed by atoms with van der Waals surface area (Å²) in [6, 6.07) is 32.0. The highest BCUT2D eigenvalue weighted by Crippen LogP contribution is 2.29. The molecule has 0 radical (unpaired) electrons. The maximum atomic E-state index is 13.6. The van der Waals surface area contributed by atoms with E-state index in [1.54, 1.807) is 28.8 Å². The maximum Gasteiger partial charge on any atom is 0.227 e. The summed E-state index contributed by atoms with van der Waals surface area (Å²) >= 11 is 1.75. The number of anilines is 1. The van der Waals surface area contributed by atoms with Crippen molar-refractivity contribution in [3.63, 3.8) is 0 Å². The number of carbonyl (C=O) groups excluding carboxylic acids is 2. The molecule has 4 aromatic rings. The number of halogens is 1. The van der Waals surface area contributed by atoms with Crippen molar-refractivity contribution in [1.29, 1.82) is 0 Å². The lowest BCUT2D eigenvalue weighted by Crippen LogP contribution is -2.33. The van der Waals surface area contributed by atoms with Gasteiger partial charge in [-0.15, -0.1) is 11.8 Å². The van der Waals surface area contributed by atoms with Crippen LogP contribution in [0.15, 0.2) is 108 Å². The predicted octanol–water partition coefficient (Wildman–Crippen LogP) is 6.69. The van der Waals surface area contributed by atoms with E-state index in [2.05, 4.69) is 17.4 Å². The molecule has 0 saturated carbocycles. The van der Waals surface area contributed by atoms with Crippen LogP contribution in [0.4, 0.5) is 10.1 Å². The number of nitrogens with one attached hydrogen (secondary N) is 1. The van der Waals surface area contributed by atoms with Gasteiger partial charge in [-0.3, -0.25) is 9.59 Å². The molecule has 1 atom stereocenters. The van der Waals surface area contributed by atoms with Crippen LogP contribution < -0.4 is 10.2 Å². The van der Waals surface area contributed by atoms with E-state index >= 15 is 0 Å². The van der Waals surface area contributed by atoms with E-state index in [0.717, 1.165) is 39.4 Å². The number of fused-ring (bicyclic) bond motifs is 1. The monoisotopic (exact) mass is 524 g/mol. The molecule has 4 nitrogen and oxygen atoms in total. The molecule has 0 aromatic heterocycles. The van der Waals surface area contributed by atoms with E-state index in [1.165, 1.54) is 17.7 Å². The molecule has 4 aromatic carbocycles. The van der Waals surface area contributed by atoms with Gasteiger partial charge >= 0.3 is 0 Å². The van der Waals surface area contributed by atoms with Crippen molar-refractivity contribution in [2.75, 3.05) is 11.4 Å². The van der Waals surface area contributed by atoms with Gasteiger partial charge in [0.1, 0.15) is 5.82 Å². The smallest absolute Gasteiger partial charge is 0.227 e. The highest BCUT2D eigenvalue weighted by Gasteiger charge is 2.25. The van der Waals surface area contributed by atoms with E-state index < -0.39 is 6.04 Å². The summed E-state index contributed by atoms with van der Waals surface area (Å²) in [5.41, 5.74) is 5.03. The van der Waals surface area contributed by atoms with Crippen LogP contribution in [0.3, 0.4) is 0 Å². The molecular formula is C32H29FN2O2S. The first kappa shape index (κ1) is 25.7. The summed E-state index contributed by atoms with van der Waals surface area (Å²) in [5, 5.41) is 3.07. The first-order chi connectivity index (χ1) is 18.6. The standard InChI is InChI=1S/C32H29FN2O2S/c33-27-14-10-25(11-15-27)32(26-12-16-28(17-13-26)38-22-23-6-2-1-3-7-23)34-30(36)18-19-31(37)35-21-20-24-8-4-5-9-29(24)35/h1-17,32H,18-22H2,(H,34,36). The summed E-state index contributed by atoms with van der Waals surface area (Å²) in [6.45, 7) is 0.645. The molecule has 0 fully saturated rings. The highest BCUT2D eigenvalue weighted by molar-refractivity contribution is 7.98. The minimum absolute atomic E-state index is 0.0526. The first-order valence-corrected chi connectivity index (χ1v) is 13.8. The van der Waals surface area contributed by atoms with Crippen molar-refractivity contribution in [2.24, 2.45) is 0 Å². The Hall–Kier alpha value is -3.90. The van der Waals surface area contributed by atoms with Gasteiger partial charge in [0.25, 0.3) is 0 Å². The quantitative estimate of drug-likeness (QED) is 0.248. The lowest BCUT2D eigenvalue weighted by molar-refractivity contribution is -0.125. The largest absolute Gasteiger partial charge is 0.345 e. The minimum atomic E-state index is -0.445. The predicted molar refractivity (Wildman–Crippen MR) is 151 cm³/mol. The first-order valence-electron chi connectivity index (χ1n) is 12.8. The molecule has 6 heteroatoms. The fraction of sp³-hybridized carbons (Fsp3) is 0.188. The van der Waals surface area contributed by atoms with Gasteiger partial charge in [0, 0.05) is 35.7 Å². The molecule has 1 N–H and O–H groups in total. The zero-order chi connectivity index (χ0) is 26.3. The normalized spacial score (nSPS) is 13.1. The van der Waals surface area contributed by atoms with Crippen molar-refractivity contribution >= 4 is 29.3 Å². The third-order valence-corrected chi connectivity index (χ3v) is 7.81. The Morgan fingerprint density at radius 1 is 0.816 bits per heavy atom. The third-order valence-electron chi connectivity index (χ3n) is 6.72. The van der Waals surface area contributed by atoms with Crippen molar-refractivity contribution in [3.8, 4) is 0 Å². The van der Waals surface area contributed by atoms with E-state index in [9.17, 15) is 14.0 Å². The number of amides is 2. The summed E-state index contributed by atoms with van der Waals surface area (Å²) in [4.78, 5) is 28.8. The molecule has 1 heterocycles. The Labute approximate surface area is 226 Å². The van der Waals surface area contributed by atoms with Crippen LogP contribution in [-0.2, 0) is 21.8 Å². The number of benzene rings is 4. The minimum Gasteiger partial charge on any atom is -0.345 e. The molecule has 1 aliphatic heterocycles. The van der Waals surface area contributed by atoms with Gasteiger partial charge in [0.2, 0.25) is 11.8 Å². The van der Waals surface area contributed by atoms with Crippen molar-refractivity contribution < 1.29 is 14.0 Å². The fourth-order valence-electron chi connectivity index (χ4n) is 4.70. The molecule has 0 spiro atoms. The Morgan fingerprint density at radius 2 is 1.47 bits per heavy atom. The van der Waals surface area contributed by atoms with E-state index in [1.807, 2.05) is 66.7 Å². The third kappa shape index (κ3) is 6.32. The van der Waals surface area contributed by atoms with Crippen LogP contribution in [0, 0.1) is 5.82 Å². The number of nitrogens with zero attached hydrogens (tertiary/aromatic N) is 1. The number of hydrogen-bond acceptors (Lipinski definition) is 3. The molecule has 0 bridgehead atoms. The van der Waals surface area contributed by atoms with Crippen LogP contribution >= 0.6 is 11.8 Å². The van der Waals surface area contributed by atoms with Gasteiger partial charge < -0.3 is 10.2 Å². The zero-order valence-corrected chi connectivity index (χ0v) is 21.8. The average molecular weight is 525 g/mol. The summed E-state index contributed by atoms with van der Waals surface area (Å²) in [5.74, 6) is 0.266. The molecular weight excluding hydrogens is 495 g/mol. The number of para-hydroxylation sites is 1. The Bertz CT molecular complexity index is 1390. The average Bonchev–Trinajstić information content (AvgIpc) is 3.39. The second kappa shape index (κ2) is 12.1. The lowest BCUT2D eigenvalue weighted by Gasteiger charge is -2.21. The Balaban J connectivity index is 1.24. The molecule has 5 rings (SSSR count). The molecule has 1 aliphatic rings. The van der Waals surface area contributed by atoms with E-state index in [4.69, 9.17) is 0 Å². The topological polar surface area (TPSA) is 49.4 Å². The van der Waals surface area contributed by atoms with Crippen LogP contribution in [0.1, 0.15) is 41.1 Å². The van der Waals surface area contributed by atoms with Crippen molar-refractivity contribution in [1.82, 2.24) is 5.32 Å². The summed E-state index contributed by atoms with van der Waals surface area (Å²) < 4.78 is 13.6. The van der Waals surface area contributed by atoms with Gasteiger partial charge in [0.05, 0.1) is 6.04 Å². The molecule has 1 unspecified atom stereocenters. The molecule has 192 valence electrons. The highest BCUT2D eigenvalue weighted by atomic mass is 32.2. The number of rotatable bonds is 9. The maximum absolute atomic E-state index is 13.6. The van der Waals surface area contributed by atoms with Crippen LogP contribution in [0.5, 0.6) is 0 Å². The van der Waals surface area contributed by atoms with Gasteiger partial charge in [-0.25, -0.2) is 4.39 Å². The van der Waals surface area contributed by atoms with Crippen LogP contribution in [0.2, 0.25) is 0 Å². The lowest BCUT2D eigenvalue weighted by atomic mass is 9.98. The second-order valence-corrected chi connectivity index (χ2v) is 10.4. The Morgan fingerprint density at radius 3 is 2.21 bits per heavy atom. The fourth-order valence-corrected chi connectivity index (χ4v) is 5.55. The van der Waals surface area contributed by atoms with Gasteiger partial charge in [-0.05, 0) is 59.0 Å². The van der Waals surface area contributed by atoms with Crippen LogP contribution in [0.25, 0.3) is 0 Å². The number of carbonyl (C=O) groups is 2. The summed E-state index contributed by atoms with van der Waals surface area (Å²) in [7, 11) is 0. The van der Waals surface area contributed by atoms with E-state index in [0.29, 0.717) is 6.54 Å². The summed E-state index contributed by atoms with van der Waals surface area (Å²) in [6.07, 6.45) is 1.05. The van der Waals surface area contributed by atoms with Crippen molar-refractivity contribution in [3.05, 3.63) is 131 Å². The number of hydrogen-bond donors (Lipinski definition) is 1. The SMILES string of the molecule is O=C(CCC(=O)N1CCc2ccccc21)NC(c1ccc(F)cc1)c1ccc(SCc2ccccc2)cc1. The Kier molecular flexibility index (Phi) is 8.19. The van der Waals surface area contributed by atoms with Crippen molar-refractivity contribution in [2.45, 2.75) is 36.0 Å². The molecule has 38 heavy (non-hydrogen) atoms. The van der Waals surface area contributed by atoms with E-state index in [-0.39, 0.29) is 30.5 Å². The molecule has 0 aliphatic carbocycles. The molecule has 2 amide bonds. The van der Waals surface area contributed by atoms with Gasteiger partial charge in [0.15, 0.2) is 0 Å². The molecule has 0 saturated heterocycles.